The number of piperidine rings is 1. The first-order valence-electron chi connectivity index (χ1n) is 9.83. The van der Waals surface area contributed by atoms with Crippen LogP contribution in [0.15, 0.2) is 54.6 Å². The molecule has 0 saturated carbocycles. The number of carbonyl (C=O) groups excluding carboxylic acids is 1. The van der Waals surface area contributed by atoms with Crippen LogP contribution in [0.25, 0.3) is 0 Å². The van der Waals surface area contributed by atoms with Crippen molar-refractivity contribution >= 4 is 5.91 Å². The minimum atomic E-state index is -1.31. The predicted octanol–water partition coefficient (Wildman–Crippen LogP) is 3.45. The summed E-state index contributed by atoms with van der Waals surface area (Å²) in [6, 6.07) is 18.5. The molecule has 1 unspecified atom stereocenters. The first-order chi connectivity index (χ1) is 13.0. The van der Waals surface area contributed by atoms with Crippen molar-refractivity contribution in [3.05, 3.63) is 71.3 Å². The Morgan fingerprint density at radius 1 is 1.07 bits per heavy atom. The van der Waals surface area contributed by atoms with E-state index in [1.54, 1.807) is 4.90 Å². The van der Waals surface area contributed by atoms with E-state index in [0.717, 1.165) is 17.5 Å². The van der Waals surface area contributed by atoms with Crippen LogP contribution >= 0.6 is 0 Å². The molecule has 1 aliphatic heterocycles. The quantitative estimate of drug-likeness (QED) is 0.789. The summed E-state index contributed by atoms with van der Waals surface area (Å²) in [6.45, 7) is 6.53. The van der Waals surface area contributed by atoms with Crippen LogP contribution in [0.4, 0.5) is 0 Å². The second kappa shape index (κ2) is 8.68. The van der Waals surface area contributed by atoms with E-state index in [9.17, 15) is 9.90 Å². The third kappa shape index (κ3) is 4.96. The van der Waals surface area contributed by atoms with Gasteiger partial charge in [0.2, 0.25) is 0 Å². The van der Waals surface area contributed by atoms with Crippen molar-refractivity contribution in [2.45, 2.75) is 51.3 Å². The van der Waals surface area contributed by atoms with Gasteiger partial charge in [-0.1, -0.05) is 68.4 Å². The Labute approximate surface area is 162 Å². The van der Waals surface area contributed by atoms with Crippen LogP contribution in [0.1, 0.15) is 49.3 Å². The van der Waals surface area contributed by atoms with E-state index in [1.807, 2.05) is 30.3 Å². The summed E-state index contributed by atoms with van der Waals surface area (Å²) in [7, 11) is 0. The van der Waals surface area contributed by atoms with Gasteiger partial charge in [-0.3, -0.25) is 4.79 Å². The van der Waals surface area contributed by atoms with Crippen molar-refractivity contribution in [2.24, 2.45) is 0 Å². The van der Waals surface area contributed by atoms with E-state index in [0.29, 0.717) is 32.0 Å². The van der Waals surface area contributed by atoms with Gasteiger partial charge in [0.15, 0.2) is 5.60 Å². The molecule has 4 nitrogen and oxygen atoms in total. The molecule has 1 heterocycles. The highest BCUT2D eigenvalue weighted by Gasteiger charge is 2.41. The first kappa shape index (κ1) is 19.6. The second-order valence-electron chi connectivity index (χ2n) is 7.85. The molecule has 0 bridgehead atoms. The van der Waals surface area contributed by atoms with Crippen molar-refractivity contribution in [1.82, 2.24) is 10.2 Å². The Hall–Kier alpha value is -2.17. The Kier molecular flexibility index (Phi) is 6.30. The SMILES string of the molecule is CC(C)c1ccc(CN2CCCC(O)(CNCc3ccccc3)C2=O)cc1. The Balaban J connectivity index is 1.58. The molecule has 2 aromatic carbocycles. The zero-order valence-electron chi connectivity index (χ0n) is 16.3. The molecule has 2 N–H and O–H groups in total. The zero-order chi connectivity index (χ0) is 19.3. The number of amides is 1. The molecular weight excluding hydrogens is 336 g/mol. The molecule has 144 valence electrons. The fourth-order valence-corrected chi connectivity index (χ4v) is 3.62. The minimum absolute atomic E-state index is 0.165. The standard InChI is InChI=1S/C23H30N2O2/c1-18(2)21-11-9-20(10-12-21)16-25-14-6-13-23(27,22(25)26)17-24-15-19-7-4-3-5-8-19/h3-5,7-12,18,24,27H,6,13-17H2,1-2H3. The molecule has 1 saturated heterocycles. The Bertz CT molecular complexity index is 743. The maximum Gasteiger partial charge on any atom is 0.256 e. The molecule has 1 amide bonds. The lowest BCUT2D eigenvalue weighted by Crippen LogP contribution is -2.57. The van der Waals surface area contributed by atoms with Gasteiger partial charge < -0.3 is 15.3 Å². The third-order valence-electron chi connectivity index (χ3n) is 5.31. The maximum absolute atomic E-state index is 12.9. The highest BCUT2D eigenvalue weighted by Crippen LogP contribution is 2.24. The summed E-state index contributed by atoms with van der Waals surface area (Å²) in [6.07, 6.45) is 1.33. The number of benzene rings is 2. The van der Waals surface area contributed by atoms with E-state index in [-0.39, 0.29) is 12.5 Å². The minimum Gasteiger partial charge on any atom is -0.379 e. The third-order valence-corrected chi connectivity index (χ3v) is 5.31. The monoisotopic (exact) mass is 366 g/mol. The Morgan fingerprint density at radius 3 is 2.44 bits per heavy atom. The van der Waals surface area contributed by atoms with Crippen molar-refractivity contribution in [1.29, 1.82) is 0 Å². The maximum atomic E-state index is 12.9. The van der Waals surface area contributed by atoms with Gasteiger partial charge >= 0.3 is 0 Å². The molecule has 4 heteroatoms. The lowest BCUT2D eigenvalue weighted by atomic mass is 9.91. The predicted molar refractivity (Wildman–Crippen MR) is 108 cm³/mol. The molecule has 0 aliphatic carbocycles. The van der Waals surface area contributed by atoms with E-state index in [4.69, 9.17) is 0 Å². The summed E-state index contributed by atoms with van der Waals surface area (Å²) in [5.41, 5.74) is 2.23. The fourth-order valence-electron chi connectivity index (χ4n) is 3.62. The molecule has 2 aromatic rings. The molecule has 0 radical (unpaired) electrons. The lowest BCUT2D eigenvalue weighted by molar-refractivity contribution is -0.157. The molecule has 0 spiro atoms. The van der Waals surface area contributed by atoms with Gasteiger partial charge in [0, 0.05) is 26.2 Å². The van der Waals surface area contributed by atoms with Gasteiger partial charge in [-0.2, -0.15) is 0 Å². The van der Waals surface area contributed by atoms with Gasteiger partial charge in [0.25, 0.3) is 5.91 Å². The van der Waals surface area contributed by atoms with E-state index in [1.165, 1.54) is 5.56 Å². The zero-order valence-corrected chi connectivity index (χ0v) is 16.3. The average molecular weight is 367 g/mol. The fraction of sp³-hybridized carbons (Fsp3) is 0.435. The van der Waals surface area contributed by atoms with Crippen molar-refractivity contribution < 1.29 is 9.90 Å². The van der Waals surface area contributed by atoms with E-state index < -0.39 is 5.60 Å². The molecule has 0 aromatic heterocycles. The molecule has 1 atom stereocenters. The van der Waals surface area contributed by atoms with Gasteiger partial charge in [0.1, 0.15) is 0 Å². The number of likely N-dealkylation sites (tertiary alicyclic amines) is 1. The Morgan fingerprint density at radius 2 is 1.78 bits per heavy atom. The van der Waals surface area contributed by atoms with E-state index >= 15 is 0 Å². The average Bonchev–Trinajstić information content (AvgIpc) is 2.67. The van der Waals surface area contributed by atoms with Crippen LogP contribution in [0.5, 0.6) is 0 Å². The number of nitrogens with zero attached hydrogens (tertiary/aromatic N) is 1. The highest BCUT2D eigenvalue weighted by atomic mass is 16.3. The van der Waals surface area contributed by atoms with Crippen LogP contribution < -0.4 is 5.32 Å². The van der Waals surface area contributed by atoms with Crippen LogP contribution in [-0.2, 0) is 17.9 Å². The molecule has 27 heavy (non-hydrogen) atoms. The van der Waals surface area contributed by atoms with Gasteiger partial charge in [0.05, 0.1) is 0 Å². The number of hydrogen-bond donors (Lipinski definition) is 2. The summed E-state index contributed by atoms with van der Waals surface area (Å²) in [5.74, 6) is 0.332. The summed E-state index contributed by atoms with van der Waals surface area (Å²) >= 11 is 0. The van der Waals surface area contributed by atoms with Gasteiger partial charge in [-0.15, -0.1) is 0 Å². The molecule has 3 rings (SSSR count). The summed E-state index contributed by atoms with van der Waals surface area (Å²) < 4.78 is 0. The number of nitrogens with one attached hydrogen (secondary N) is 1. The number of aliphatic hydroxyl groups is 1. The lowest BCUT2D eigenvalue weighted by Gasteiger charge is -2.38. The van der Waals surface area contributed by atoms with Crippen LogP contribution in [0.3, 0.4) is 0 Å². The molecule has 1 aliphatic rings. The van der Waals surface area contributed by atoms with Gasteiger partial charge in [-0.25, -0.2) is 0 Å². The van der Waals surface area contributed by atoms with Crippen molar-refractivity contribution in [2.75, 3.05) is 13.1 Å². The largest absolute Gasteiger partial charge is 0.379 e. The second-order valence-corrected chi connectivity index (χ2v) is 7.85. The number of carbonyl (C=O) groups is 1. The van der Waals surface area contributed by atoms with Gasteiger partial charge in [-0.05, 0) is 35.4 Å². The first-order valence-corrected chi connectivity index (χ1v) is 9.83. The van der Waals surface area contributed by atoms with Crippen molar-refractivity contribution in [3.63, 3.8) is 0 Å². The van der Waals surface area contributed by atoms with E-state index in [2.05, 4.69) is 43.4 Å². The molecule has 1 fully saturated rings. The van der Waals surface area contributed by atoms with Crippen LogP contribution in [0.2, 0.25) is 0 Å². The van der Waals surface area contributed by atoms with Crippen molar-refractivity contribution in [3.8, 4) is 0 Å². The number of rotatable bonds is 7. The molecular formula is C23H30N2O2. The highest BCUT2D eigenvalue weighted by molar-refractivity contribution is 5.86. The normalized spacial score (nSPS) is 20.3. The smallest absolute Gasteiger partial charge is 0.256 e. The number of hydrogen-bond acceptors (Lipinski definition) is 3. The van der Waals surface area contributed by atoms with Crippen LogP contribution in [-0.4, -0.2) is 34.6 Å². The van der Waals surface area contributed by atoms with Crippen LogP contribution in [0, 0.1) is 0 Å². The summed E-state index contributed by atoms with van der Waals surface area (Å²) in [5, 5.41) is 14.2. The summed E-state index contributed by atoms with van der Waals surface area (Å²) in [4.78, 5) is 14.7. The topological polar surface area (TPSA) is 52.6 Å².